The van der Waals surface area contributed by atoms with Gasteiger partial charge in [-0.15, -0.1) is 0 Å². The molecule has 0 aliphatic heterocycles. The van der Waals surface area contributed by atoms with Crippen molar-refractivity contribution in [2.24, 2.45) is 5.73 Å². The molecule has 0 bridgehead atoms. The first-order valence-electron chi connectivity index (χ1n) is 6.66. The Labute approximate surface area is 127 Å². The first-order valence-corrected chi connectivity index (χ1v) is 7.04. The third kappa shape index (κ3) is 4.16. The van der Waals surface area contributed by atoms with Crippen LogP contribution >= 0.6 is 11.6 Å². The van der Waals surface area contributed by atoms with Gasteiger partial charge in [-0.05, 0) is 42.7 Å². The summed E-state index contributed by atoms with van der Waals surface area (Å²) in [6, 6.07) is 8.56. The third-order valence-electron chi connectivity index (χ3n) is 3.14. The van der Waals surface area contributed by atoms with E-state index in [0.29, 0.717) is 6.42 Å². The van der Waals surface area contributed by atoms with Gasteiger partial charge in [0.15, 0.2) is 11.6 Å². The van der Waals surface area contributed by atoms with Crippen molar-refractivity contribution in [2.75, 3.05) is 0 Å². The van der Waals surface area contributed by atoms with Gasteiger partial charge in [0.1, 0.15) is 11.6 Å². The summed E-state index contributed by atoms with van der Waals surface area (Å²) < 4.78 is 32.4. The van der Waals surface area contributed by atoms with E-state index in [2.05, 4.69) is 0 Å². The van der Waals surface area contributed by atoms with Crippen molar-refractivity contribution in [3.63, 3.8) is 0 Å². The van der Waals surface area contributed by atoms with Gasteiger partial charge in [0.2, 0.25) is 0 Å². The van der Waals surface area contributed by atoms with Crippen molar-refractivity contribution in [1.82, 2.24) is 0 Å². The zero-order valence-electron chi connectivity index (χ0n) is 11.6. The Morgan fingerprint density at radius 1 is 1.14 bits per heavy atom. The quantitative estimate of drug-likeness (QED) is 0.869. The minimum Gasteiger partial charge on any atom is -0.454 e. The van der Waals surface area contributed by atoms with Gasteiger partial charge < -0.3 is 10.5 Å². The number of benzene rings is 2. The molecule has 0 aromatic heterocycles. The zero-order valence-corrected chi connectivity index (χ0v) is 12.3. The van der Waals surface area contributed by atoms with E-state index in [4.69, 9.17) is 22.1 Å². The molecule has 21 heavy (non-hydrogen) atoms. The molecular weight excluding hydrogens is 296 g/mol. The van der Waals surface area contributed by atoms with Crippen LogP contribution in [0.3, 0.4) is 0 Å². The molecule has 1 unspecified atom stereocenters. The molecule has 2 N–H and O–H groups in total. The van der Waals surface area contributed by atoms with Crippen LogP contribution in [0.4, 0.5) is 8.78 Å². The van der Waals surface area contributed by atoms with Crippen molar-refractivity contribution >= 4 is 11.6 Å². The standard InChI is InChI=1S/C16H16ClF2NO/c1-2-11(20)7-10-3-6-16(15(19)8-10)21-12-4-5-14(18)13(17)9-12/h3-6,8-9,11H,2,7,20H2,1H3. The first kappa shape index (κ1) is 15.7. The topological polar surface area (TPSA) is 35.2 Å². The maximum Gasteiger partial charge on any atom is 0.165 e. The van der Waals surface area contributed by atoms with Crippen molar-refractivity contribution < 1.29 is 13.5 Å². The molecule has 1 atom stereocenters. The van der Waals surface area contributed by atoms with Crippen molar-refractivity contribution in [3.05, 3.63) is 58.6 Å². The van der Waals surface area contributed by atoms with E-state index in [1.54, 1.807) is 6.07 Å². The molecule has 0 heterocycles. The molecule has 0 fully saturated rings. The highest BCUT2D eigenvalue weighted by molar-refractivity contribution is 6.30. The van der Waals surface area contributed by atoms with Crippen LogP contribution in [0.1, 0.15) is 18.9 Å². The molecule has 0 aliphatic carbocycles. The van der Waals surface area contributed by atoms with Crippen molar-refractivity contribution in [3.8, 4) is 11.5 Å². The Bertz CT molecular complexity index is 634. The molecule has 5 heteroatoms. The molecule has 0 amide bonds. The Morgan fingerprint density at radius 2 is 1.90 bits per heavy atom. The molecule has 2 aromatic carbocycles. The van der Waals surface area contributed by atoms with E-state index >= 15 is 0 Å². The summed E-state index contributed by atoms with van der Waals surface area (Å²) in [5.41, 5.74) is 6.66. The fourth-order valence-electron chi connectivity index (χ4n) is 1.87. The van der Waals surface area contributed by atoms with Gasteiger partial charge in [-0.3, -0.25) is 0 Å². The molecule has 2 nitrogen and oxygen atoms in total. The van der Waals surface area contributed by atoms with Crippen LogP contribution in [-0.4, -0.2) is 6.04 Å². The van der Waals surface area contributed by atoms with Gasteiger partial charge in [-0.2, -0.15) is 0 Å². The van der Waals surface area contributed by atoms with Crippen molar-refractivity contribution in [1.29, 1.82) is 0 Å². The number of ether oxygens (including phenoxy) is 1. The van der Waals surface area contributed by atoms with Gasteiger partial charge >= 0.3 is 0 Å². The number of halogens is 3. The number of hydrogen-bond acceptors (Lipinski definition) is 2. The largest absolute Gasteiger partial charge is 0.454 e. The summed E-state index contributed by atoms with van der Waals surface area (Å²) in [6.45, 7) is 1.98. The lowest BCUT2D eigenvalue weighted by Crippen LogP contribution is -2.21. The second-order valence-corrected chi connectivity index (χ2v) is 5.22. The van der Waals surface area contributed by atoms with Gasteiger partial charge in [0.25, 0.3) is 0 Å². The zero-order chi connectivity index (χ0) is 15.4. The average Bonchev–Trinajstić information content (AvgIpc) is 2.45. The van der Waals surface area contributed by atoms with E-state index < -0.39 is 11.6 Å². The van der Waals surface area contributed by atoms with Crippen LogP contribution in [0.2, 0.25) is 5.02 Å². The predicted molar refractivity (Wildman–Crippen MR) is 79.9 cm³/mol. The van der Waals surface area contributed by atoms with Crippen LogP contribution in [0, 0.1) is 11.6 Å². The Hall–Kier alpha value is -1.65. The van der Waals surface area contributed by atoms with Gasteiger partial charge in [0, 0.05) is 12.1 Å². The molecule has 0 aliphatic rings. The highest BCUT2D eigenvalue weighted by atomic mass is 35.5. The SMILES string of the molecule is CCC(N)Cc1ccc(Oc2ccc(F)c(Cl)c2)c(F)c1. The highest BCUT2D eigenvalue weighted by Crippen LogP contribution is 2.28. The Kier molecular flexibility index (Phi) is 5.15. The molecule has 2 rings (SSSR count). The summed E-state index contributed by atoms with van der Waals surface area (Å²) in [6.07, 6.45) is 1.43. The lowest BCUT2D eigenvalue weighted by molar-refractivity contribution is 0.440. The third-order valence-corrected chi connectivity index (χ3v) is 3.43. The van der Waals surface area contributed by atoms with E-state index in [9.17, 15) is 8.78 Å². The number of hydrogen-bond donors (Lipinski definition) is 1. The summed E-state index contributed by atoms with van der Waals surface area (Å²) in [7, 11) is 0. The maximum absolute atomic E-state index is 14.0. The lowest BCUT2D eigenvalue weighted by Gasteiger charge is -2.11. The van der Waals surface area contributed by atoms with E-state index in [-0.39, 0.29) is 22.6 Å². The van der Waals surface area contributed by atoms with Gasteiger partial charge in [0.05, 0.1) is 5.02 Å². The lowest BCUT2D eigenvalue weighted by atomic mass is 10.0. The van der Waals surface area contributed by atoms with Crippen LogP contribution in [0.5, 0.6) is 11.5 Å². The van der Waals surface area contributed by atoms with Crippen LogP contribution in [0.15, 0.2) is 36.4 Å². The van der Waals surface area contributed by atoms with Gasteiger partial charge in [-0.1, -0.05) is 24.6 Å². The maximum atomic E-state index is 14.0. The Morgan fingerprint density at radius 3 is 2.52 bits per heavy atom. The molecule has 112 valence electrons. The number of nitrogens with two attached hydrogens (primary N) is 1. The Balaban J connectivity index is 2.15. The summed E-state index contributed by atoms with van der Waals surface area (Å²) >= 11 is 5.66. The van der Waals surface area contributed by atoms with Crippen molar-refractivity contribution in [2.45, 2.75) is 25.8 Å². The summed E-state index contributed by atoms with van der Waals surface area (Å²) in [5.74, 6) is -0.700. The molecule has 0 radical (unpaired) electrons. The van der Waals surface area contributed by atoms with E-state index in [1.165, 1.54) is 30.3 Å². The van der Waals surface area contributed by atoms with E-state index in [0.717, 1.165) is 12.0 Å². The molecular formula is C16H16ClF2NO. The molecule has 0 saturated carbocycles. The normalized spacial score (nSPS) is 12.2. The fourth-order valence-corrected chi connectivity index (χ4v) is 2.04. The smallest absolute Gasteiger partial charge is 0.165 e. The van der Waals surface area contributed by atoms with Crippen LogP contribution < -0.4 is 10.5 Å². The van der Waals surface area contributed by atoms with Gasteiger partial charge in [-0.25, -0.2) is 8.78 Å². The predicted octanol–water partition coefficient (Wildman–Crippen LogP) is 4.69. The minimum atomic E-state index is -0.548. The van der Waals surface area contributed by atoms with Crippen LogP contribution in [0.25, 0.3) is 0 Å². The summed E-state index contributed by atoms with van der Waals surface area (Å²) in [4.78, 5) is 0. The van der Waals surface area contributed by atoms with Crippen LogP contribution in [-0.2, 0) is 6.42 Å². The number of rotatable bonds is 5. The monoisotopic (exact) mass is 311 g/mol. The average molecular weight is 312 g/mol. The van der Waals surface area contributed by atoms with E-state index in [1.807, 2.05) is 6.92 Å². The second-order valence-electron chi connectivity index (χ2n) is 4.82. The molecule has 0 spiro atoms. The highest BCUT2D eigenvalue weighted by Gasteiger charge is 2.09. The fraction of sp³-hybridized carbons (Fsp3) is 0.250. The minimum absolute atomic E-state index is 0.00655. The summed E-state index contributed by atoms with van der Waals surface area (Å²) in [5, 5.41) is -0.0709. The second kappa shape index (κ2) is 6.87. The molecule has 2 aromatic rings. The first-order chi connectivity index (χ1) is 9.99. The molecule has 0 saturated heterocycles.